The molecule has 0 aliphatic heterocycles. The van der Waals surface area contributed by atoms with Gasteiger partial charge >= 0.3 is 0 Å². The highest BCUT2D eigenvalue weighted by Gasteiger charge is 2.26. The Morgan fingerprint density at radius 1 is 1.60 bits per heavy atom. The largest absolute Gasteiger partial charge is 0.472 e. The second kappa shape index (κ2) is 4.49. The molecule has 0 saturated heterocycles. The topological polar surface area (TPSA) is 68.3 Å². The molecule has 4 nitrogen and oxygen atoms in total. The minimum absolute atomic E-state index is 0.135. The van der Waals surface area contributed by atoms with Crippen molar-refractivity contribution in [1.82, 2.24) is 5.32 Å². The van der Waals surface area contributed by atoms with Gasteiger partial charge in [0.1, 0.15) is 0 Å². The average Bonchev–Trinajstić information content (AvgIpc) is 2.63. The number of furan rings is 1. The quantitative estimate of drug-likeness (QED) is 0.789. The van der Waals surface area contributed by atoms with E-state index in [4.69, 9.17) is 10.2 Å². The molecule has 1 rings (SSSR count). The smallest absolute Gasteiger partial charge is 0.237 e. The minimum Gasteiger partial charge on any atom is -0.472 e. The van der Waals surface area contributed by atoms with E-state index in [-0.39, 0.29) is 11.3 Å². The monoisotopic (exact) mass is 210 g/mol. The molecule has 0 spiro atoms. The highest BCUT2D eigenvalue weighted by Crippen LogP contribution is 2.17. The predicted molar refractivity (Wildman–Crippen MR) is 58.0 cm³/mol. The van der Waals surface area contributed by atoms with Gasteiger partial charge in [-0.2, -0.15) is 0 Å². The summed E-state index contributed by atoms with van der Waals surface area (Å²) >= 11 is 0. The molecule has 0 aliphatic rings. The Bertz CT molecular complexity index is 312. The lowest BCUT2D eigenvalue weighted by molar-refractivity contribution is -0.124. The summed E-state index contributed by atoms with van der Waals surface area (Å²) in [6.07, 6.45) is 3.17. The van der Waals surface area contributed by atoms with E-state index in [9.17, 15) is 4.79 Å². The van der Waals surface area contributed by atoms with Crippen LogP contribution >= 0.6 is 0 Å². The normalized spacial score (nSPS) is 13.6. The number of amides is 1. The van der Waals surface area contributed by atoms with Crippen LogP contribution in [0.3, 0.4) is 0 Å². The number of hydrogen-bond acceptors (Lipinski definition) is 3. The van der Waals surface area contributed by atoms with E-state index in [1.807, 2.05) is 26.8 Å². The van der Waals surface area contributed by atoms with Crippen LogP contribution in [-0.2, 0) is 11.3 Å². The molecule has 3 N–H and O–H groups in total. The highest BCUT2D eigenvalue weighted by molar-refractivity contribution is 5.82. The molecule has 1 atom stereocenters. The predicted octanol–water partition coefficient (Wildman–Crippen LogP) is 1.27. The Hall–Kier alpha value is -1.29. The van der Waals surface area contributed by atoms with Gasteiger partial charge in [-0.1, -0.05) is 20.8 Å². The summed E-state index contributed by atoms with van der Waals surface area (Å²) in [6, 6.07) is 1.31. The molecule has 1 aromatic heterocycles. The summed E-state index contributed by atoms with van der Waals surface area (Å²) in [5.74, 6) is -0.135. The van der Waals surface area contributed by atoms with E-state index in [2.05, 4.69) is 5.32 Å². The van der Waals surface area contributed by atoms with Crippen LogP contribution in [0.5, 0.6) is 0 Å². The maximum Gasteiger partial charge on any atom is 0.237 e. The van der Waals surface area contributed by atoms with Gasteiger partial charge in [0.15, 0.2) is 0 Å². The summed E-state index contributed by atoms with van der Waals surface area (Å²) < 4.78 is 4.89. The molecule has 4 heteroatoms. The van der Waals surface area contributed by atoms with E-state index >= 15 is 0 Å². The maximum atomic E-state index is 11.6. The van der Waals surface area contributed by atoms with Gasteiger partial charge < -0.3 is 15.5 Å². The third kappa shape index (κ3) is 3.40. The van der Waals surface area contributed by atoms with Gasteiger partial charge in [0, 0.05) is 12.1 Å². The summed E-state index contributed by atoms with van der Waals surface area (Å²) in [4.78, 5) is 11.6. The summed E-state index contributed by atoms with van der Waals surface area (Å²) in [5.41, 5.74) is 6.51. The zero-order valence-electron chi connectivity index (χ0n) is 9.41. The van der Waals surface area contributed by atoms with Crippen LogP contribution in [0.2, 0.25) is 0 Å². The van der Waals surface area contributed by atoms with E-state index in [1.165, 1.54) is 0 Å². The van der Waals surface area contributed by atoms with Crippen LogP contribution in [0, 0.1) is 5.41 Å². The van der Waals surface area contributed by atoms with Gasteiger partial charge in [-0.25, -0.2) is 0 Å². The van der Waals surface area contributed by atoms with Crippen molar-refractivity contribution in [3.05, 3.63) is 24.2 Å². The lowest BCUT2D eigenvalue weighted by Crippen LogP contribution is -2.48. The molecule has 0 fully saturated rings. The number of hydrogen-bond donors (Lipinski definition) is 2. The van der Waals surface area contributed by atoms with E-state index in [1.54, 1.807) is 12.5 Å². The molecule has 0 aromatic carbocycles. The molecular formula is C11H18N2O2. The number of rotatable bonds is 3. The number of carbonyl (C=O) groups is 1. The standard InChI is InChI=1S/C11H18N2O2/c1-11(2,3)9(12)10(14)13-6-8-4-5-15-7-8/h4-5,7,9H,6,12H2,1-3H3,(H,13,14)/t9-/m0/s1. The molecule has 15 heavy (non-hydrogen) atoms. The fourth-order valence-electron chi connectivity index (χ4n) is 1.09. The maximum absolute atomic E-state index is 11.6. The van der Waals surface area contributed by atoms with Crippen molar-refractivity contribution < 1.29 is 9.21 Å². The van der Waals surface area contributed by atoms with Crippen LogP contribution in [0.4, 0.5) is 0 Å². The van der Waals surface area contributed by atoms with Crippen LogP contribution in [0.1, 0.15) is 26.3 Å². The first-order chi connectivity index (χ1) is 6.91. The van der Waals surface area contributed by atoms with Crippen LogP contribution in [-0.4, -0.2) is 11.9 Å². The molecular weight excluding hydrogens is 192 g/mol. The third-order valence-electron chi connectivity index (χ3n) is 2.26. The van der Waals surface area contributed by atoms with Gasteiger partial charge in [-0.15, -0.1) is 0 Å². The molecule has 0 saturated carbocycles. The highest BCUT2D eigenvalue weighted by atomic mass is 16.3. The van der Waals surface area contributed by atoms with Crippen molar-refractivity contribution in [2.75, 3.05) is 0 Å². The van der Waals surface area contributed by atoms with Crippen LogP contribution in [0.25, 0.3) is 0 Å². The van der Waals surface area contributed by atoms with Crippen molar-refractivity contribution in [2.45, 2.75) is 33.4 Å². The van der Waals surface area contributed by atoms with Crippen molar-refractivity contribution in [2.24, 2.45) is 11.1 Å². The fourth-order valence-corrected chi connectivity index (χ4v) is 1.09. The SMILES string of the molecule is CC(C)(C)[C@@H](N)C(=O)NCc1ccoc1. The number of carbonyl (C=O) groups excluding carboxylic acids is 1. The van der Waals surface area contributed by atoms with Crippen LogP contribution in [0.15, 0.2) is 23.0 Å². The Morgan fingerprint density at radius 2 is 2.27 bits per heavy atom. The first-order valence-electron chi connectivity index (χ1n) is 4.95. The van der Waals surface area contributed by atoms with E-state index in [0.29, 0.717) is 6.54 Å². The van der Waals surface area contributed by atoms with Gasteiger partial charge in [-0.3, -0.25) is 4.79 Å². The van der Waals surface area contributed by atoms with Crippen molar-refractivity contribution in [1.29, 1.82) is 0 Å². The zero-order chi connectivity index (χ0) is 11.5. The van der Waals surface area contributed by atoms with E-state index in [0.717, 1.165) is 5.56 Å². The molecule has 1 heterocycles. The Morgan fingerprint density at radius 3 is 2.73 bits per heavy atom. The molecule has 1 aromatic rings. The van der Waals surface area contributed by atoms with Gasteiger partial charge in [-0.05, 0) is 11.5 Å². The number of nitrogens with two attached hydrogens (primary N) is 1. The van der Waals surface area contributed by atoms with Crippen molar-refractivity contribution >= 4 is 5.91 Å². The molecule has 0 bridgehead atoms. The summed E-state index contributed by atoms with van der Waals surface area (Å²) in [6.45, 7) is 6.28. The molecule has 0 radical (unpaired) electrons. The molecule has 0 aliphatic carbocycles. The summed E-state index contributed by atoms with van der Waals surface area (Å²) in [5, 5.41) is 2.77. The Labute approximate surface area is 89.8 Å². The van der Waals surface area contributed by atoms with Crippen molar-refractivity contribution in [3.63, 3.8) is 0 Å². The lowest BCUT2D eigenvalue weighted by Gasteiger charge is -2.25. The molecule has 0 unspecified atom stereocenters. The van der Waals surface area contributed by atoms with Crippen molar-refractivity contribution in [3.8, 4) is 0 Å². The molecule has 1 amide bonds. The fraction of sp³-hybridized carbons (Fsp3) is 0.545. The van der Waals surface area contributed by atoms with E-state index < -0.39 is 6.04 Å². The summed E-state index contributed by atoms with van der Waals surface area (Å²) in [7, 11) is 0. The minimum atomic E-state index is -0.496. The lowest BCUT2D eigenvalue weighted by atomic mass is 9.87. The zero-order valence-corrected chi connectivity index (χ0v) is 9.41. The van der Waals surface area contributed by atoms with Gasteiger partial charge in [0.2, 0.25) is 5.91 Å². The third-order valence-corrected chi connectivity index (χ3v) is 2.26. The Balaban J connectivity index is 2.43. The first-order valence-corrected chi connectivity index (χ1v) is 4.95. The molecule has 84 valence electrons. The Kier molecular flexibility index (Phi) is 3.52. The van der Waals surface area contributed by atoms with Crippen LogP contribution < -0.4 is 11.1 Å². The van der Waals surface area contributed by atoms with Gasteiger partial charge in [0.05, 0.1) is 18.6 Å². The van der Waals surface area contributed by atoms with Gasteiger partial charge in [0.25, 0.3) is 0 Å². The number of nitrogens with one attached hydrogen (secondary N) is 1. The first kappa shape index (κ1) is 11.8. The second-order valence-corrected chi connectivity index (χ2v) is 4.69. The second-order valence-electron chi connectivity index (χ2n) is 4.69. The average molecular weight is 210 g/mol.